The number of hydrogen-bond donors (Lipinski definition) is 2. The zero-order valence-electron chi connectivity index (χ0n) is 14.6. The van der Waals surface area contributed by atoms with Gasteiger partial charge in [-0.3, -0.25) is 9.89 Å². The molecule has 0 aromatic rings. The predicted molar refractivity (Wildman–Crippen MR) is 95.7 cm³/mol. The van der Waals surface area contributed by atoms with Crippen LogP contribution in [-0.4, -0.2) is 69.0 Å². The van der Waals surface area contributed by atoms with Gasteiger partial charge in [-0.25, -0.2) is 8.42 Å². The standard InChI is InChI=1S/C16H32N4O2S/c1-3-17-16(18-10-12-23(21,22)4-2)19-14-9-11-20(13-14)15-7-5-6-8-15/h14-15H,3-13H2,1-2H3,(H2,17,18,19). The van der Waals surface area contributed by atoms with Gasteiger partial charge in [0.15, 0.2) is 15.8 Å². The SMILES string of the molecule is CCNC(=NCCS(=O)(=O)CC)NC1CCN(C2CCCC2)C1. The van der Waals surface area contributed by atoms with Crippen molar-refractivity contribution >= 4 is 15.8 Å². The fourth-order valence-corrected chi connectivity index (χ4v) is 4.12. The fraction of sp³-hybridized carbons (Fsp3) is 0.938. The molecule has 0 amide bonds. The van der Waals surface area contributed by atoms with Gasteiger partial charge in [-0.2, -0.15) is 0 Å². The van der Waals surface area contributed by atoms with E-state index in [1.165, 1.54) is 25.7 Å². The smallest absolute Gasteiger partial charge is 0.191 e. The molecule has 7 heteroatoms. The maximum atomic E-state index is 11.6. The van der Waals surface area contributed by atoms with E-state index in [4.69, 9.17) is 0 Å². The first-order valence-corrected chi connectivity index (χ1v) is 10.9. The van der Waals surface area contributed by atoms with Crippen molar-refractivity contribution in [1.29, 1.82) is 0 Å². The average molecular weight is 345 g/mol. The summed E-state index contributed by atoms with van der Waals surface area (Å²) >= 11 is 0. The molecule has 134 valence electrons. The maximum Gasteiger partial charge on any atom is 0.191 e. The van der Waals surface area contributed by atoms with Crippen LogP contribution in [0.4, 0.5) is 0 Å². The van der Waals surface area contributed by atoms with Crippen LogP contribution in [0, 0.1) is 0 Å². The van der Waals surface area contributed by atoms with E-state index in [1.54, 1.807) is 6.92 Å². The van der Waals surface area contributed by atoms with Crippen LogP contribution in [0.2, 0.25) is 0 Å². The topological polar surface area (TPSA) is 73.8 Å². The molecule has 1 saturated carbocycles. The predicted octanol–water partition coefficient (Wildman–Crippen LogP) is 0.993. The van der Waals surface area contributed by atoms with Crippen LogP contribution < -0.4 is 10.6 Å². The molecule has 1 aliphatic heterocycles. The number of sulfone groups is 1. The highest BCUT2D eigenvalue weighted by atomic mass is 32.2. The normalized spacial score (nSPS) is 24.3. The molecule has 0 aromatic carbocycles. The zero-order valence-corrected chi connectivity index (χ0v) is 15.4. The summed E-state index contributed by atoms with van der Waals surface area (Å²) in [6.45, 7) is 7.04. The first-order valence-electron chi connectivity index (χ1n) is 9.03. The molecule has 2 aliphatic rings. The van der Waals surface area contributed by atoms with E-state index in [0.717, 1.165) is 38.1 Å². The summed E-state index contributed by atoms with van der Waals surface area (Å²) in [5, 5.41) is 6.70. The number of nitrogens with zero attached hydrogens (tertiary/aromatic N) is 2. The van der Waals surface area contributed by atoms with Gasteiger partial charge in [-0.05, 0) is 26.2 Å². The first kappa shape index (κ1) is 18.5. The average Bonchev–Trinajstić information content (AvgIpc) is 3.18. The Morgan fingerprint density at radius 2 is 1.96 bits per heavy atom. The summed E-state index contributed by atoms with van der Waals surface area (Å²) < 4.78 is 23.1. The summed E-state index contributed by atoms with van der Waals surface area (Å²) in [5.74, 6) is 1.06. The van der Waals surface area contributed by atoms with Crippen molar-refractivity contribution in [3.8, 4) is 0 Å². The Morgan fingerprint density at radius 1 is 1.22 bits per heavy atom. The van der Waals surface area contributed by atoms with E-state index >= 15 is 0 Å². The van der Waals surface area contributed by atoms with Crippen LogP contribution in [0.15, 0.2) is 4.99 Å². The number of aliphatic imine (C=N–C) groups is 1. The highest BCUT2D eigenvalue weighted by Gasteiger charge is 2.30. The van der Waals surface area contributed by atoms with Gasteiger partial charge in [0.2, 0.25) is 0 Å². The van der Waals surface area contributed by atoms with E-state index in [2.05, 4.69) is 20.5 Å². The third-order valence-corrected chi connectivity index (χ3v) is 6.54. The minimum atomic E-state index is -2.95. The molecule has 1 saturated heterocycles. The molecule has 1 aliphatic carbocycles. The quantitative estimate of drug-likeness (QED) is 0.532. The number of nitrogens with one attached hydrogen (secondary N) is 2. The Hall–Kier alpha value is -0.820. The van der Waals surface area contributed by atoms with Crippen molar-refractivity contribution in [3.63, 3.8) is 0 Å². The third kappa shape index (κ3) is 5.95. The van der Waals surface area contributed by atoms with Gasteiger partial charge in [-0.1, -0.05) is 19.8 Å². The minimum absolute atomic E-state index is 0.124. The third-order valence-electron chi connectivity index (χ3n) is 4.86. The van der Waals surface area contributed by atoms with Crippen molar-refractivity contribution in [1.82, 2.24) is 15.5 Å². The summed E-state index contributed by atoms with van der Waals surface area (Å²) in [5.41, 5.74) is 0. The van der Waals surface area contributed by atoms with Crippen molar-refractivity contribution in [2.24, 2.45) is 4.99 Å². The molecule has 0 aromatic heterocycles. The summed E-state index contributed by atoms with van der Waals surface area (Å²) in [4.78, 5) is 7.04. The number of likely N-dealkylation sites (tertiary alicyclic amines) is 1. The Labute approximate surface area is 141 Å². The Kier molecular flexibility index (Phi) is 7.14. The van der Waals surface area contributed by atoms with Crippen LogP contribution in [0.1, 0.15) is 46.0 Å². The van der Waals surface area contributed by atoms with Gasteiger partial charge in [0.1, 0.15) is 0 Å². The number of guanidine groups is 1. The molecule has 0 bridgehead atoms. The molecule has 6 nitrogen and oxygen atoms in total. The van der Waals surface area contributed by atoms with Gasteiger partial charge >= 0.3 is 0 Å². The molecule has 1 heterocycles. The minimum Gasteiger partial charge on any atom is -0.357 e. The van der Waals surface area contributed by atoms with Crippen LogP contribution >= 0.6 is 0 Å². The van der Waals surface area contributed by atoms with Gasteiger partial charge in [0.25, 0.3) is 0 Å². The number of rotatable bonds is 7. The van der Waals surface area contributed by atoms with E-state index < -0.39 is 9.84 Å². The molecule has 0 radical (unpaired) electrons. The molecule has 2 fully saturated rings. The Balaban J connectivity index is 1.82. The molecule has 0 spiro atoms. The lowest BCUT2D eigenvalue weighted by Crippen LogP contribution is -2.45. The molecular formula is C16H32N4O2S. The van der Waals surface area contributed by atoms with Gasteiger partial charge in [0, 0.05) is 37.5 Å². The molecule has 1 unspecified atom stereocenters. The summed E-state index contributed by atoms with van der Waals surface area (Å²) in [6, 6.07) is 1.19. The van der Waals surface area contributed by atoms with Crippen molar-refractivity contribution in [2.45, 2.75) is 58.0 Å². The van der Waals surface area contributed by atoms with Crippen LogP contribution in [0.25, 0.3) is 0 Å². The van der Waals surface area contributed by atoms with Crippen LogP contribution in [0.5, 0.6) is 0 Å². The van der Waals surface area contributed by atoms with Gasteiger partial charge < -0.3 is 10.6 Å². The van der Waals surface area contributed by atoms with E-state index in [1.807, 2.05) is 6.92 Å². The van der Waals surface area contributed by atoms with E-state index in [9.17, 15) is 8.42 Å². The molecule has 2 N–H and O–H groups in total. The second kappa shape index (κ2) is 8.87. The molecular weight excluding hydrogens is 312 g/mol. The lowest BCUT2D eigenvalue weighted by Gasteiger charge is -2.24. The fourth-order valence-electron chi connectivity index (χ4n) is 3.46. The van der Waals surface area contributed by atoms with Gasteiger partial charge in [-0.15, -0.1) is 0 Å². The lowest BCUT2D eigenvalue weighted by atomic mass is 10.2. The molecule has 2 rings (SSSR count). The highest BCUT2D eigenvalue weighted by molar-refractivity contribution is 7.91. The number of hydrogen-bond acceptors (Lipinski definition) is 4. The van der Waals surface area contributed by atoms with Crippen molar-refractivity contribution in [3.05, 3.63) is 0 Å². The molecule has 23 heavy (non-hydrogen) atoms. The van der Waals surface area contributed by atoms with Crippen molar-refractivity contribution < 1.29 is 8.42 Å². The van der Waals surface area contributed by atoms with Crippen LogP contribution in [-0.2, 0) is 9.84 Å². The van der Waals surface area contributed by atoms with Crippen molar-refractivity contribution in [2.75, 3.05) is 37.7 Å². The summed E-state index contributed by atoms with van der Waals surface area (Å²) in [6.07, 6.45) is 6.56. The zero-order chi connectivity index (χ0) is 16.7. The monoisotopic (exact) mass is 344 g/mol. The van der Waals surface area contributed by atoms with E-state index in [-0.39, 0.29) is 11.5 Å². The molecule has 1 atom stereocenters. The second-order valence-corrected chi connectivity index (χ2v) is 9.03. The largest absolute Gasteiger partial charge is 0.357 e. The summed E-state index contributed by atoms with van der Waals surface area (Å²) in [7, 11) is -2.95. The maximum absolute atomic E-state index is 11.6. The van der Waals surface area contributed by atoms with Gasteiger partial charge in [0.05, 0.1) is 12.3 Å². The Bertz CT molecular complexity index is 486. The highest BCUT2D eigenvalue weighted by Crippen LogP contribution is 2.26. The van der Waals surface area contributed by atoms with E-state index in [0.29, 0.717) is 12.6 Å². The first-order chi connectivity index (χ1) is 11.0. The van der Waals surface area contributed by atoms with Crippen LogP contribution in [0.3, 0.4) is 0 Å². The Morgan fingerprint density at radius 3 is 2.61 bits per heavy atom. The lowest BCUT2D eigenvalue weighted by molar-refractivity contribution is 0.242. The second-order valence-electron chi connectivity index (χ2n) is 6.56.